The normalized spacial score (nSPS) is 10.4. The second-order valence-corrected chi connectivity index (χ2v) is 7.57. The molecule has 30 heavy (non-hydrogen) atoms. The van der Waals surface area contributed by atoms with Gasteiger partial charge in [-0.25, -0.2) is 9.78 Å². The van der Waals surface area contributed by atoms with Gasteiger partial charge in [-0.05, 0) is 31.2 Å². The first-order chi connectivity index (χ1) is 14.4. The number of ether oxygens (including phenoxy) is 3. The Hall–Kier alpha value is -3.10. The van der Waals surface area contributed by atoms with Gasteiger partial charge in [-0.3, -0.25) is 4.79 Å². The van der Waals surface area contributed by atoms with E-state index < -0.39 is 18.5 Å². The van der Waals surface area contributed by atoms with E-state index in [1.54, 1.807) is 37.3 Å². The van der Waals surface area contributed by atoms with Crippen LogP contribution >= 0.6 is 22.9 Å². The number of esters is 1. The highest BCUT2D eigenvalue weighted by molar-refractivity contribution is 7.17. The summed E-state index contributed by atoms with van der Waals surface area (Å²) in [7, 11) is 3.02. The van der Waals surface area contributed by atoms with Gasteiger partial charge in [-0.1, -0.05) is 23.7 Å². The highest BCUT2D eigenvalue weighted by Gasteiger charge is 2.19. The van der Waals surface area contributed by atoms with Gasteiger partial charge in [-0.2, -0.15) is 0 Å². The molecule has 7 nitrogen and oxygen atoms in total. The van der Waals surface area contributed by atoms with E-state index in [4.69, 9.17) is 25.8 Å². The molecular formula is C21H19ClN2O5S. The van der Waals surface area contributed by atoms with Gasteiger partial charge in [0.25, 0.3) is 5.91 Å². The van der Waals surface area contributed by atoms with Crippen LogP contribution in [0.3, 0.4) is 0 Å². The maximum absolute atomic E-state index is 12.4. The van der Waals surface area contributed by atoms with Crippen molar-refractivity contribution in [3.63, 3.8) is 0 Å². The summed E-state index contributed by atoms with van der Waals surface area (Å²) in [5, 5.41) is 3.94. The Morgan fingerprint density at radius 3 is 2.50 bits per heavy atom. The number of hydrogen-bond acceptors (Lipinski definition) is 7. The molecule has 0 saturated carbocycles. The predicted molar refractivity (Wildman–Crippen MR) is 116 cm³/mol. The van der Waals surface area contributed by atoms with Gasteiger partial charge in [-0.15, -0.1) is 11.3 Å². The van der Waals surface area contributed by atoms with Crippen LogP contribution in [0.5, 0.6) is 11.5 Å². The van der Waals surface area contributed by atoms with Crippen molar-refractivity contribution in [2.24, 2.45) is 0 Å². The third-order valence-corrected chi connectivity index (χ3v) is 5.53. The first-order valence-electron chi connectivity index (χ1n) is 8.83. The smallest absolute Gasteiger partial charge is 0.350 e. The molecule has 3 aromatic rings. The molecule has 0 saturated heterocycles. The molecule has 0 aliphatic carbocycles. The molecule has 0 unspecified atom stereocenters. The van der Waals surface area contributed by atoms with Gasteiger partial charge in [0.05, 0.1) is 25.6 Å². The van der Waals surface area contributed by atoms with Crippen molar-refractivity contribution in [2.75, 3.05) is 26.1 Å². The fourth-order valence-electron chi connectivity index (χ4n) is 2.59. The lowest BCUT2D eigenvalue weighted by Gasteiger charge is -2.11. The zero-order chi connectivity index (χ0) is 21.7. The number of aryl methyl sites for hydroxylation is 1. The van der Waals surface area contributed by atoms with Gasteiger partial charge < -0.3 is 19.5 Å². The SMILES string of the molecule is COc1ccc(NC(=O)COC(=O)c2sc(-c3ccc(Cl)cc3)nc2C)c(OC)c1. The fourth-order valence-corrected chi connectivity index (χ4v) is 3.68. The zero-order valence-electron chi connectivity index (χ0n) is 16.5. The molecule has 1 N–H and O–H groups in total. The highest BCUT2D eigenvalue weighted by atomic mass is 35.5. The van der Waals surface area contributed by atoms with Crippen LogP contribution in [0.1, 0.15) is 15.4 Å². The Kier molecular flexibility index (Phi) is 6.91. The van der Waals surface area contributed by atoms with Crippen LogP contribution in [0.25, 0.3) is 10.6 Å². The quantitative estimate of drug-likeness (QED) is 0.534. The van der Waals surface area contributed by atoms with Gasteiger partial charge in [0.15, 0.2) is 6.61 Å². The van der Waals surface area contributed by atoms with Crippen LogP contribution in [0.4, 0.5) is 5.69 Å². The van der Waals surface area contributed by atoms with Crippen LogP contribution in [-0.2, 0) is 9.53 Å². The Bertz CT molecular complexity index is 1070. The highest BCUT2D eigenvalue weighted by Crippen LogP contribution is 2.30. The van der Waals surface area contributed by atoms with Crippen LogP contribution in [0, 0.1) is 6.92 Å². The lowest BCUT2D eigenvalue weighted by atomic mass is 10.2. The number of hydrogen-bond donors (Lipinski definition) is 1. The summed E-state index contributed by atoms with van der Waals surface area (Å²) < 4.78 is 15.5. The maximum atomic E-state index is 12.4. The number of carbonyl (C=O) groups is 2. The van der Waals surface area contributed by atoms with Crippen molar-refractivity contribution in [1.82, 2.24) is 4.98 Å². The lowest BCUT2D eigenvalue weighted by Crippen LogP contribution is -2.21. The number of rotatable bonds is 7. The number of carbonyl (C=O) groups excluding carboxylic acids is 2. The number of benzene rings is 2. The van der Waals surface area contributed by atoms with Gasteiger partial charge in [0, 0.05) is 16.7 Å². The Labute approximate surface area is 182 Å². The van der Waals surface area contributed by atoms with Crippen molar-refractivity contribution < 1.29 is 23.8 Å². The summed E-state index contributed by atoms with van der Waals surface area (Å²) in [5.41, 5.74) is 1.82. The molecule has 0 aliphatic heterocycles. The largest absolute Gasteiger partial charge is 0.497 e. The van der Waals surface area contributed by atoms with Gasteiger partial charge >= 0.3 is 5.97 Å². The Morgan fingerprint density at radius 2 is 1.83 bits per heavy atom. The molecule has 1 heterocycles. The topological polar surface area (TPSA) is 86.8 Å². The number of halogens is 1. The molecule has 9 heteroatoms. The molecule has 0 aliphatic rings. The minimum absolute atomic E-state index is 0.342. The van der Waals surface area contributed by atoms with E-state index in [1.165, 1.54) is 25.6 Å². The number of methoxy groups -OCH3 is 2. The van der Waals surface area contributed by atoms with E-state index >= 15 is 0 Å². The molecule has 0 radical (unpaired) electrons. The summed E-state index contributed by atoms with van der Waals surface area (Å²) in [5.74, 6) is -0.0812. The molecule has 0 bridgehead atoms. The number of amides is 1. The van der Waals surface area contributed by atoms with Gasteiger partial charge in [0.1, 0.15) is 21.4 Å². The molecule has 3 rings (SSSR count). The molecule has 1 amide bonds. The van der Waals surface area contributed by atoms with E-state index in [9.17, 15) is 9.59 Å². The van der Waals surface area contributed by atoms with Crippen LogP contribution in [0.2, 0.25) is 5.02 Å². The minimum Gasteiger partial charge on any atom is -0.497 e. The molecular weight excluding hydrogens is 428 g/mol. The summed E-state index contributed by atoms with van der Waals surface area (Å²) >= 11 is 7.10. The Balaban J connectivity index is 1.63. The third kappa shape index (κ3) is 5.08. The molecule has 2 aromatic carbocycles. The first kappa shape index (κ1) is 21.6. The second kappa shape index (κ2) is 9.60. The average Bonchev–Trinajstić information content (AvgIpc) is 3.14. The van der Waals surface area contributed by atoms with Crippen LogP contribution in [-0.4, -0.2) is 37.7 Å². The van der Waals surface area contributed by atoms with Crippen molar-refractivity contribution in [2.45, 2.75) is 6.92 Å². The molecule has 0 fully saturated rings. The van der Waals surface area contributed by atoms with Crippen molar-refractivity contribution in [3.05, 3.63) is 58.1 Å². The molecule has 156 valence electrons. The van der Waals surface area contributed by atoms with E-state index in [1.807, 2.05) is 12.1 Å². The monoisotopic (exact) mass is 446 g/mol. The number of anilines is 1. The average molecular weight is 447 g/mol. The predicted octanol–water partition coefficient (Wildman–Crippen LogP) is 4.58. The molecule has 0 spiro atoms. The fraction of sp³-hybridized carbons (Fsp3) is 0.190. The van der Waals surface area contributed by atoms with Crippen molar-refractivity contribution >= 4 is 40.5 Å². The summed E-state index contributed by atoms with van der Waals surface area (Å²) in [6, 6.07) is 12.1. The summed E-state index contributed by atoms with van der Waals surface area (Å²) in [6.07, 6.45) is 0. The second-order valence-electron chi connectivity index (χ2n) is 6.13. The first-order valence-corrected chi connectivity index (χ1v) is 10.0. The standard InChI is InChI=1S/C21H19ClN2O5S/c1-12-19(30-20(23-12)13-4-6-14(22)7-5-13)21(26)29-11-18(25)24-16-9-8-15(27-2)10-17(16)28-3/h4-10H,11H2,1-3H3,(H,24,25). The maximum Gasteiger partial charge on any atom is 0.350 e. The number of nitrogens with one attached hydrogen (secondary N) is 1. The van der Waals surface area contributed by atoms with Crippen LogP contribution < -0.4 is 14.8 Å². The van der Waals surface area contributed by atoms with E-state index in [0.29, 0.717) is 37.8 Å². The van der Waals surface area contributed by atoms with E-state index in [2.05, 4.69) is 10.3 Å². The zero-order valence-corrected chi connectivity index (χ0v) is 18.1. The Morgan fingerprint density at radius 1 is 1.10 bits per heavy atom. The molecule has 0 atom stereocenters. The summed E-state index contributed by atoms with van der Waals surface area (Å²) in [4.78, 5) is 29.4. The number of nitrogens with zero attached hydrogens (tertiary/aromatic N) is 1. The van der Waals surface area contributed by atoms with Gasteiger partial charge in [0.2, 0.25) is 0 Å². The number of aromatic nitrogens is 1. The third-order valence-electron chi connectivity index (χ3n) is 4.09. The van der Waals surface area contributed by atoms with E-state index in [-0.39, 0.29) is 0 Å². The van der Waals surface area contributed by atoms with E-state index in [0.717, 1.165) is 5.56 Å². The molecule has 1 aromatic heterocycles. The van der Waals surface area contributed by atoms with Crippen LogP contribution in [0.15, 0.2) is 42.5 Å². The summed E-state index contributed by atoms with van der Waals surface area (Å²) in [6.45, 7) is 1.27. The lowest BCUT2D eigenvalue weighted by molar-refractivity contribution is -0.119. The van der Waals surface area contributed by atoms with Crippen molar-refractivity contribution in [3.8, 4) is 22.1 Å². The van der Waals surface area contributed by atoms with Crippen molar-refractivity contribution in [1.29, 1.82) is 0 Å². The number of thiazole rings is 1. The minimum atomic E-state index is -0.609.